The highest BCUT2D eigenvalue weighted by Crippen LogP contribution is 2.34. The number of halogens is 3. The summed E-state index contributed by atoms with van der Waals surface area (Å²) in [5.74, 6) is -1.72. The quantitative estimate of drug-likeness (QED) is 0.796. The second kappa shape index (κ2) is 6.09. The van der Waals surface area contributed by atoms with Crippen molar-refractivity contribution in [1.29, 1.82) is 0 Å². The van der Waals surface area contributed by atoms with Crippen LogP contribution in [0.1, 0.15) is 32.6 Å². The van der Waals surface area contributed by atoms with Crippen molar-refractivity contribution in [2.75, 3.05) is 19.6 Å². The molecule has 1 unspecified atom stereocenters. The molecule has 1 saturated heterocycles. The van der Waals surface area contributed by atoms with Gasteiger partial charge in [0.05, 0.1) is 11.5 Å². The summed E-state index contributed by atoms with van der Waals surface area (Å²) < 4.78 is 37.4. The predicted molar refractivity (Wildman–Crippen MR) is 66.2 cm³/mol. The Morgan fingerprint density at radius 3 is 2.26 bits per heavy atom. The number of carbonyl (C=O) groups is 1. The van der Waals surface area contributed by atoms with Crippen LogP contribution in [0.3, 0.4) is 0 Å². The number of likely N-dealkylation sites (tertiary alicyclic amines) is 1. The third-order valence-electron chi connectivity index (χ3n) is 3.78. The van der Waals surface area contributed by atoms with Gasteiger partial charge in [-0.1, -0.05) is 0 Å². The Labute approximate surface area is 111 Å². The lowest BCUT2D eigenvalue weighted by molar-refractivity contribution is -0.185. The lowest BCUT2D eigenvalue weighted by atomic mass is 9.94. The Morgan fingerprint density at radius 1 is 1.32 bits per heavy atom. The van der Waals surface area contributed by atoms with Crippen molar-refractivity contribution in [1.82, 2.24) is 4.90 Å². The van der Waals surface area contributed by atoms with Gasteiger partial charge in [-0.2, -0.15) is 13.2 Å². The molecule has 1 fully saturated rings. The molecule has 1 aliphatic rings. The van der Waals surface area contributed by atoms with Gasteiger partial charge in [0.1, 0.15) is 0 Å². The summed E-state index contributed by atoms with van der Waals surface area (Å²) in [5, 5.41) is 0. The van der Waals surface area contributed by atoms with Gasteiger partial charge in [-0.05, 0) is 52.2 Å². The normalized spacial score (nSPS) is 22.2. The molecule has 112 valence electrons. The zero-order valence-electron chi connectivity index (χ0n) is 11.2. The average molecular weight is 281 g/mol. The number of alkyl halides is 3. The molecule has 1 aliphatic heterocycles. The second-order valence-electron chi connectivity index (χ2n) is 5.54. The van der Waals surface area contributed by atoms with E-state index < -0.39 is 23.5 Å². The van der Waals surface area contributed by atoms with Crippen LogP contribution in [0.25, 0.3) is 0 Å². The van der Waals surface area contributed by atoms with Gasteiger partial charge in [-0.15, -0.1) is 0 Å². The van der Waals surface area contributed by atoms with Crippen LogP contribution in [0.4, 0.5) is 13.2 Å². The number of rotatable bonds is 5. The first-order chi connectivity index (χ1) is 8.63. The molecular weight excluding hydrogens is 259 g/mol. The summed E-state index contributed by atoms with van der Waals surface area (Å²) in [4.78, 5) is 13.0. The zero-order valence-corrected chi connectivity index (χ0v) is 11.2. The summed E-state index contributed by atoms with van der Waals surface area (Å²) in [5.41, 5.74) is 9.83. The lowest BCUT2D eigenvalue weighted by Gasteiger charge is -2.33. The van der Waals surface area contributed by atoms with Gasteiger partial charge in [-0.25, -0.2) is 0 Å². The fourth-order valence-corrected chi connectivity index (χ4v) is 2.28. The minimum absolute atomic E-state index is 0.152. The summed E-state index contributed by atoms with van der Waals surface area (Å²) in [7, 11) is 0. The summed E-state index contributed by atoms with van der Waals surface area (Å²) >= 11 is 0. The van der Waals surface area contributed by atoms with Crippen molar-refractivity contribution in [2.24, 2.45) is 17.4 Å². The van der Waals surface area contributed by atoms with E-state index in [0.29, 0.717) is 32.5 Å². The molecule has 7 heteroatoms. The minimum atomic E-state index is -4.08. The van der Waals surface area contributed by atoms with E-state index in [9.17, 15) is 18.0 Å². The largest absolute Gasteiger partial charge is 0.391 e. The van der Waals surface area contributed by atoms with Crippen LogP contribution >= 0.6 is 0 Å². The van der Waals surface area contributed by atoms with E-state index in [-0.39, 0.29) is 12.8 Å². The minimum Gasteiger partial charge on any atom is -0.368 e. The molecule has 4 N–H and O–H groups in total. The number of carbonyl (C=O) groups excluding carboxylic acids is 1. The Kier molecular flexibility index (Phi) is 5.20. The van der Waals surface area contributed by atoms with Crippen molar-refractivity contribution >= 4 is 5.91 Å². The Balaban J connectivity index is 2.26. The van der Waals surface area contributed by atoms with Gasteiger partial charge in [0.25, 0.3) is 0 Å². The molecule has 0 aromatic rings. The molecule has 0 bridgehead atoms. The van der Waals surface area contributed by atoms with Gasteiger partial charge in [0, 0.05) is 0 Å². The van der Waals surface area contributed by atoms with Crippen molar-refractivity contribution < 1.29 is 18.0 Å². The maximum Gasteiger partial charge on any atom is 0.391 e. The van der Waals surface area contributed by atoms with Crippen LogP contribution in [0.2, 0.25) is 0 Å². The molecule has 1 amide bonds. The van der Waals surface area contributed by atoms with Gasteiger partial charge < -0.3 is 16.4 Å². The molecule has 4 nitrogen and oxygen atoms in total. The zero-order chi connectivity index (χ0) is 14.7. The molecule has 19 heavy (non-hydrogen) atoms. The molecule has 0 aromatic heterocycles. The van der Waals surface area contributed by atoms with E-state index in [1.54, 1.807) is 6.92 Å². The maximum atomic E-state index is 12.5. The number of hydrogen-bond donors (Lipinski definition) is 2. The van der Waals surface area contributed by atoms with Gasteiger partial charge in [-0.3, -0.25) is 4.79 Å². The number of piperidine rings is 1. The summed E-state index contributed by atoms with van der Waals surface area (Å²) in [6.07, 6.45) is -2.67. The maximum absolute atomic E-state index is 12.5. The number of amides is 1. The molecular formula is C12H22F3N3O. The molecule has 0 radical (unpaired) electrons. The fourth-order valence-electron chi connectivity index (χ4n) is 2.28. The van der Waals surface area contributed by atoms with E-state index in [4.69, 9.17) is 11.5 Å². The first-order valence-corrected chi connectivity index (χ1v) is 6.51. The standard InChI is InChI=1S/C12H22F3N3O/c1-11(17,10(16)19)5-2-6-18-7-3-9(4-8-18)12(13,14)15/h9H,2-8,17H2,1H3,(H2,16,19). The highest BCUT2D eigenvalue weighted by molar-refractivity contribution is 5.83. The number of primary amides is 1. The second-order valence-corrected chi connectivity index (χ2v) is 5.54. The summed E-state index contributed by atoms with van der Waals surface area (Å²) in [6.45, 7) is 3.12. The van der Waals surface area contributed by atoms with Crippen molar-refractivity contribution in [3.63, 3.8) is 0 Å². The number of nitrogens with two attached hydrogens (primary N) is 2. The molecule has 0 aliphatic carbocycles. The van der Waals surface area contributed by atoms with E-state index in [1.807, 2.05) is 4.90 Å². The van der Waals surface area contributed by atoms with Crippen LogP contribution in [-0.4, -0.2) is 42.2 Å². The Bertz CT molecular complexity index is 310. The fraction of sp³-hybridized carbons (Fsp3) is 0.917. The first kappa shape index (κ1) is 16.2. The third kappa shape index (κ3) is 4.99. The van der Waals surface area contributed by atoms with Crippen LogP contribution in [0, 0.1) is 5.92 Å². The van der Waals surface area contributed by atoms with Gasteiger partial charge in [0.15, 0.2) is 0 Å². The Hall–Kier alpha value is -0.820. The Morgan fingerprint density at radius 2 is 1.84 bits per heavy atom. The smallest absolute Gasteiger partial charge is 0.368 e. The van der Waals surface area contributed by atoms with E-state index >= 15 is 0 Å². The topological polar surface area (TPSA) is 72.3 Å². The highest BCUT2D eigenvalue weighted by atomic mass is 19.4. The van der Waals surface area contributed by atoms with Crippen LogP contribution < -0.4 is 11.5 Å². The number of nitrogens with zero attached hydrogens (tertiary/aromatic N) is 1. The molecule has 1 atom stereocenters. The van der Waals surface area contributed by atoms with Crippen molar-refractivity contribution in [2.45, 2.75) is 44.3 Å². The van der Waals surface area contributed by atoms with Gasteiger partial charge in [0.2, 0.25) is 5.91 Å². The average Bonchev–Trinajstić information content (AvgIpc) is 2.28. The van der Waals surface area contributed by atoms with E-state index in [2.05, 4.69) is 0 Å². The first-order valence-electron chi connectivity index (χ1n) is 6.51. The molecule has 1 heterocycles. The third-order valence-corrected chi connectivity index (χ3v) is 3.78. The molecule has 0 saturated carbocycles. The molecule has 0 spiro atoms. The van der Waals surface area contributed by atoms with E-state index in [1.165, 1.54) is 0 Å². The number of hydrogen-bond acceptors (Lipinski definition) is 3. The van der Waals surface area contributed by atoms with Crippen molar-refractivity contribution in [3.8, 4) is 0 Å². The van der Waals surface area contributed by atoms with Crippen LogP contribution in [-0.2, 0) is 4.79 Å². The predicted octanol–water partition coefficient (Wildman–Crippen LogP) is 1.24. The van der Waals surface area contributed by atoms with Crippen LogP contribution in [0.5, 0.6) is 0 Å². The monoisotopic (exact) mass is 281 g/mol. The lowest BCUT2D eigenvalue weighted by Crippen LogP contribution is -2.49. The highest BCUT2D eigenvalue weighted by Gasteiger charge is 2.40. The summed E-state index contributed by atoms with van der Waals surface area (Å²) in [6, 6.07) is 0. The SMILES string of the molecule is CC(N)(CCCN1CCC(C(F)(F)F)CC1)C(N)=O. The van der Waals surface area contributed by atoms with Crippen molar-refractivity contribution in [3.05, 3.63) is 0 Å². The van der Waals surface area contributed by atoms with Gasteiger partial charge >= 0.3 is 6.18 Å². The van der Waals surface area contributed by atoms with E-state index in [0.717, 1.165) is 0 Å². The van der Waals surface area contributed by atoms with Crippen LogP contribution in [0.15, 0.2) is 0 Å². The molecule has 1 rings (SSSR count). The molecule has 0 aromatic carbocycles.